The van der Waals surface area contributed by atoms with Crippen molar-refractivity contribution >= 4 is 23.2 Å². The van der Waals surface area contributed by atoms with Crippen LogP contribution in [0, 0.1) is 24.7 Å². The number of rotatable bonds is 6. The van der Waals surface area contributed by atoms with Crippen LogP contribution in [0.3, 0.4) is 0 Å². The van der Waals surface area contributed by atoms with Gasteiger partial charge in [0.2, 0.25) is 0 Å². The summed E-state index contributed by atoms with van der Waals surface area (Å²) in [5, 5.41) is 0. The van der Waals surface area contributed by atoms with Gasteiger partial charge in [0.05, 0.1) is 22.5 Å². The molecule has 2 aliphatic rings. The molecule has 0 N–H and O–H groups in total. The number of unbranched alkanes of at least 4 members (excludes halogenated alkanes) is 2. The van der Waals surface area contributed by atoms with Gasteiger partial charge in [-0.3, -0.25) is 9.59 Å². The minimum Gasteiger partial charge on any atom is -0.307 e. The summed E-state index contributed by atoms with van der Waals surface area (Å²) >= 11 is 0. The molecule has 4 nitrogen and oxygen atoms in total. The van der Waals surface area contributed by atoms with Gasteiger partial charge in [0.1, 0.15) is 0 Å². The van der Waals surface area contributed by atoms with Crippen molar-refractivity contribution < 1.29 is 9.59 Å². The SMILES string of the molecule is C#C/C=C1/c2cc3c(cc2C(=O)N1CCCC)C(=O)N(CCCC)/C3=C\C#C. The van der Waals surface area contributed by atoms with E-state index in [0.717, 1.165) is 48.2 Å². The molecule has 28 heavy (non-hydrogen) atoms. The molecule has 1 aromatic rings. The number of allylic oxidation sites excluding steroid dienone is 2. The van der Waals surface area contributed by atoms with E-state index >= 15 is 0 Å². The minimum absolute atomic E-state index is 0.102. The van der Waals surface area contributed by atoms with Crippen LogP contribution in [0.25, 0.3) is 11.4 Å². The summed E-state index contributed by atoms with van der Waals surface area (Å²) in [4.78, 5) is 29.4. The van der Waals surface area contributed by atoms with Crippen molar-refractivity contribution in [1.82, 2.24) is 9.80 Å². The van der Waals surface area contributed by atoms with E-state index in [1.807, 2.05) is 6.07 Å². The van der Waals surface area contributed by atoms with E-state index < -0.39 is 0 Å². The summed E-state index contributed by atoms with van der Waals surface area (Å²) in [5.41, 5.74) is 4.04. The number of carbonyl (C=O) groups is 2. The molecular formula is C24H24N2O2. The summed E-state index contributed by atoms with van der Waals surface area (Å²) in [6.45, 7) is 5.36. The predicted octanol–water partition coefficient (Wildman–Crippen LogP) is 4.15. The van der Waals surface area contributed by atoms with Gasteiger partial charge in [0, 0.05) is 36.4 Å². The van der Waals surface area contributed by atoms with E-state index in [4.69, 9.17) is 12.8 Å². The second-order valence-corrected chi connectivity index (χ2v) is 6.96. The molecule has 0 atom stereocenters. The Bertz CT molecular complexity index is 894. The number of hydrogen-bond acceptors (Lipinski definition) is 2. The van der Waals surface area contributed by atoms with Crippen LogP contribution in [0.5, 0.6) is 0 Å². The lowest BCUT2D eigenvalue weighted by Gasteiger charge is -2.18. The van der Waals surface area contributed by atoms with E-state index in [1.165, 1.54) is 0 Å². The van der Waals surface area contributed by atoms with E-state index in [9.17, 15) is 9.59 Å². The molecule has 2 aliphatic heterocycles. The first-order chi connectivity index (χ1) is 13.6. The lowest BCUT2D eigenvalue weighted by atomic mass is 9.98. The van der Waals surface area contributed by atoms with Gasteiger partial charge in [-0.15, -0.1) is 12.8 Å². The van der Waals surface area contributed by atoms with Gasteiger partial charge in [0.25, 0.3) is 11.8 Å². The van der Waals surface area contributed by atoms with Gasteiger partial charge >= 0.3 is 0 Å². The predicted molar refractivity (Wildman–Crippen MR) is 112 cm³/mol. The van der Waals surface area contributed by atoms with Gasteiger partial charge in [-0.05, 0) is 25.0 Å². The van der Waals surface area contributed by atoms with Gasteiger partial charge < -0.3 is 9.80 Å². The molecule has 0 aromatic heterocycles. The Morgan fingerprint density at radius 1 is 0.786 bits per heavy atom. The van der Waals surface area contributed by atoms with Crippen LogP contribution in [0.1, 0.15) is 71.4 Å². The monoisotopic (exact) mass is 372 g/mol. The Morgan fingerprint density at radius 3 is 1.54 bits per heavy atom. The van der Waals surface area contributed by atoms with Crippen molar-refractivity contribution in [3.63, 3.8) is 0 Å². The van der Waals surface area contributed by atoms with Crippen LogP contribution in [-0.2, 0) is 0 Å². The number of benzene rings is 1. The Balaban J connectivity index is 2.13. The van der Waals surface area contributed by atoms with Crippen LogP contribution >= 0.6 is 0 Å². The molecule has 0 saturated carbocycles. The van der Waals surface area contributed by atoms with Gasteiger partial charge in [-0.1, -0.05) is 38.5 Å². The average molecular weight is 372 g/mol. The van der Waals surface area contributed by atoms with Crippen LogP contribution in [-0.4, -0.2) is 34.7 Å². The molecular weight excluding hydrogens is 348 g/mol. The molecule has 0 spiro atoms. The number of hydrogen-bond donors (Lipinski definition) is 0. The van der Waals surface area contributed by atoms with Crippen molar-refractivity contribution in [3.05, 3.63) is 46.5 Å². The molecule has 3 rings (SSSR count). The third-order valence-electron chi connectivity index (χ3n) is 5.15. The van der Waals surface area contributed by atoms with E-state index in [2.05, 4.69) is 25.7 Å². The second-order valence-electron chi connectivity index (χ2n) is 6.96. The highest BCUT2D eigenvalue weighted by molar-refractivity contribution is 6.15. The van der Waals surface area contributed by atoms with E-state index in [-0.39, 0.29) is 11.8 Å². The fourth-order valence-electron chi connectivity index (χ4n) is 3.72. The summed E-state index contributed by atoms with van der Waals surface area (Å²) < 4.78 is 0. The lowest BCUT2D eigenvalue weighted by molar-refractivity contribution is 0.0847. The first-order valence-electron chi connectivity index (χ1n) is 9.74. The molecule has 0 unspecified atom stereocenters. The second kappa shape index (κ2) is 8.19. The smallest absolute Gasteiger partial charge is 0.259 e. The van der Waals surface area contributed by atoms with Crippen LogP contribution in [0.2, 0.25) is 0 Å². The Kier molecular flexibility index (Phi) is 5.71. The lowest BCUT2D eigenvalue weighted by Crippen LogP contribution is -2.25. The van der Waals surface area contributed by atoms with Crippen molar-refractivity contribution in [1.29, 1.82) is 0 Å². The molecule has 0 aliphatic carbocycles. The maximum atomic E-state index is 13.0. The number of terminal acetylenes is 2. The number of nitrogens with zero attached hydrogens (tertiary/aromatic N) is 2. The normalized spacial score (nSPS) is 17.9. The fourth-order valence-corrected chi connectivity index (χ4v) is 3.72. The Morgan fingerprint density at radius 2 is 1.18 bits per heavy atom. The van der Waals surface area contributed by atoms with Crippen LogP contribution in [0.15, 0.2) is 24.3 Å². The molecule has 1 aromatic carbocycles. The topological polar surface area (TPSA) is 40.6 Å². The maximum absolute atomic E-state index is 13.0. The standard InChI is InChI=1S/C24H24N2O2/c1-5-9-13-25-21(11-7-3)17-15-18-20(16-19(17)23(25)27)24(28)26(14-10-6-2)22(18)12-8-4/h3-4,11-12,15-16H,5-6,9-10,13-14H2,1-2H3/b21-11-,22-12-. The van der Waals surface area contributed by atoms with Crippen molar-refractivity contribution in [2.24, 2.45) is 0 Å². The summed E-state index contributed by atoms with van der Waals surface area (Å²) in [5.74, 6) is 4.89. The maximum Gasteiger partial charge on any atom is 0.259 e. The molecule has 4 heteroatoms. The van der Waals surface area contributed by atoms with Crippen molar-refractivity contribution in [3.8, 4) is 24.7 Å². The Labute approximate surface area is 166 Å². The van der Waals surface area contributed by atoms with Gasteiger partial charge in [0.15, 0.2) is 0 Å². The van der Waals surface area contributed by atoms with E-state index in [1.54, 1.807) is 28.0 Å². The summed E-state index contributed by atoms with van der Waals surface area (Å²) in [6, 6.07) is 3.60. The molecule has 2 amide bonds. The molecule has 0 fully saturated rings. The van der Waals surface area contributed by atoms with Gasteiger partial charge in [-0.25, -0.2) is 0 Å². The van der Waals surface area contributed by atoms with Crippen molar-refractivity contribution in [2.45, 2.75) is 39.5 Å². The number of amides is 2. The zero-order valence-electron chi connectivity index (χ0n) is 16.4. The minimum atomic E-state index is -0.102. The molecule has 2 heterocycles. The molecule has 0 saturated heterocycles. The summed E-state index contributed by atoms with van der Waals surface area (Å²) in [6.07, 6.45) is 18.0. The highest BCUT2D eigenvalue weighted by Gasteiger charge is 2.38. The third kappa shape index (κ3) is 3.12. The first-order valence-corrected chi connectivity index (χ1v) is 9.74. The number of carbonyl (C=O) groups excluding carboxylic acids is 2. The molecule has 0 bridgehead atoms. The first kappa shape index (κ1) is 19.5. The third-order valence-corrected chi connectivity index (χ3v) is 5.15. The highest BCUT2D eigenvalue weighted by atomic mass is 16.2. The molecule has 142 valence electrons. The largest absolute Gasteiger partial charge is 0.307 e. The van der Waals surface area contributed by atoms with Crippen LogP contribution < -0.4 is 0 Å². The van der Waals surface area contributed by atoms with Crippen molar-refractivity contribution in [2.75, 3.05) is 13.1 Å². The fraction of sp³-hybridized carbons (Fsp3) is 0.333. The number of fused-ring (bicyclic) bond motifs is 2. The zero-order valence-corrected chi connectivity index (χ0v) is 16.4. The van der Waals surface area contributed by atoms with Gasteiger partial charge in [-0.2, -0.15) is 0 Å². The average Bonchev–Trinajstić information content (AvgIpc) is 3.10. The van der Waals surface area contributed by atoms with E-state index in [0.29, 0.717) is 24.2 Å². The molecule has 0 radical (unpaired) electrons. The Hall–Kier alpha value is -3.24. The summed E-state index contributed by atoms with van der Waals surface area (Å²) in [7, 11) is 0. The zero-order chi connectivity index (χ0) is 20.3. The van der Waals surface area contributed by atoms with Crippen LogP contribution in [0.4, 0.5) is 0 Å². The highest BCUT2D eigenvalue weighted by Crippen LogP contribution is 2.40. The quantitative estimate of drug-likeness (QED) is 0.704.